The first-order valence-corrected chi connectivity index (χ1v) is 10.5. The van der Waals surface area contributed by atoms with Crippen LogP contribution >= 0.6 is 0 Å². The van der Waals surface area contributed by atoms with E-state index in [9.17, 15) is 13.2 Å². The molecule has 3 aromatic carbocycles. The molecule has 29 heavy (non-hydrogen) atoms. The molecule has 0 aliphatic heterocycles. The standard InChI is InChI=1S/C22H22N2O4S/c1-16(17-6-4-3-5-7-17)23-22(25)18-8-10-19(11-9-18)24-29(26,27)21-14-12-20(28-2)13-15-21/h3-16,24H,1-2H3,(H,23,25). The number of ether oxygens (including phenoxy) is 1. The highest BCUT2D eigenvalue weighted by Crippen LogP contribution is 2.20. The molecular formula is C22H22N2O4S. The molecule has 1 unspecified atom stereocenters. The van der Waals surface area contributed by atoms with E-state index in [1.807, 2.05) is 37.3 Å². The largest absolute Gasteiger partial charge is 0.497 e. The predicted molar refractivity (Wildman–Crippen MR) is 113 cm³/mol. The molecule has 0 bridgehead atoms. The van der Waals surface area contributed by atoms with Crippen LogP contribution in [0.4, 0.5) is 5.69 Å². The van der Waals surface area contributed by atoms with Crippen LogP contribution in [0.3, 0.4) is 0 Å². The van der Waals surface area contributed by atoms with Crippen molar-refractivity contribution >= 4 is 21.6 Å². The monoisotopic (exact) mass is 410 g/mol. The zero-order valence-electron chi connectivity index (χ0n) is 16.1. The van der Waals surface area contributed by atoms with E-state index in [1.165, 1.54) is 19.2 Å². The highest BCUT2D eigenvalue weighted by atomic mass is 32.2. The molecule has 6 nitrogen and oxygen atoms in total. The summed E-state index contributed by atoms with van der Waals surface area (Å²) in [5.74, 6) is 0.343. The van der Waals surface area contributed by atoms with Crippen molar-refractivity contribution in [1.82, 2.24) is 5.32 Å². The van der Waals surface area contributed by atoms with Crippen LogP contribution in [0.5, 0.6) is 5.75 Å². The van der Waals surface area contributed by atoms with Crippen molar-refractivity contribution < 1.29 is 17.9 Å². The minimum atomic E-state index is -3.73. The zero-order valence-corrected chi connectivity index (χ0v) is 16.9. The predicted octanol–water partition coefficient (Wildman–Crippen LogP) is 3.99. The molecule has 150 valence electrons. The second-order valence-corrected chi connectivity index (χ2v) is 8.15. The van der Waals surface area contributed by atoms with Gasteiger partial charge in [0.15, 0.2) is 0 Å². The van der Waals surface area contributed by atoms with E-state index in [1.54, 1.807) is 36.4 Å². The van der Waals surface area contributed by atoms with Gasteiger partial charge in [0.05, 0.1) is 18.0 Å². The highest BCUT2D eigenvalue weighted by Gasteiger charge is 2.15. The summed E-state index contributed by atoms with van der Waals surface area (Å²) in [7, 11) is -2.22. The first-order chi connectivity index (χ1) is 13.9. The molecule has 0 aliphatic carbocycles. The Balaban J connectivity index is 1.67. The molecule has 0 aromatic heterocycles. The van der Waals surface area contributed by atoms with Gasteiger partial charge in [-0.15, -0.1) is 0 Å². The van der Waals surface area contributed by atoms with Crippen LogP contribution in [-0.2, 0) is 10.0 Å². The summed E-state index contributed by atoms with van der Waals surface area (Å²) in [4.78, 5) is 12.6. The number of methoxy groups -OCH3 is 1. The van der Waals surface area contributed by atoms with Gasteiger partial charge < -0.3 is 10.1 Å². The van der Waals surface area contributed by atoms with Gasteiger partial charge in [0, 0.05) is 11.3 Å². The van der Waals surface area contributed by atoms with Crippen LogP contribution in [0.1, 0.15) is 28.9 Å². The maximum Gasteiger partial charge on any atom is 0.261 e. The van der Waals surface area contributed by atoms with Crippen molar-refractivity contribution in [3.8, 4) is 5.75 Å². The van der Waals surface area contributed by atoms with Crippen LogP contribution in [0, 0.1) is 0 Å². The lowest BCUT2D eigenvalue weighted by atomic mass is 10.1. The highest BCUT2D eigenvalue weighted by molar-refractivity contribution is 7.92. The van der Waals surface area contributed by atoms with Crippen molar-refractivity contribution in [3.63, 3.8) is 0 Å². The second-order valence-electron chi connectivity index (χ2n) is 6.46. The van der Waals surface area contributed by atoms with Crippen molar-refractivity contribution in [3.05, 3.63) is 90.0 Å². The minimum Gasteiger partial charge on any atom is -0.497 e. The van der Waals surface area contributed by atoms with Gasteiger partial charge in [-0.3, -0.25) is 9.52 Å². The SMILES string of the molecule is COc1ccc(S(=O)(=O)Nc2ccc(C(=O)NC(C)c3ccccc3)cc2)cc1. The summed E-state index contributed by atoms with van der Waals surface area (Å²) >= 11 is 0. The first kappa shape index (κ1) is 20.4. The summed E-state index contributed by atoms with van der Waals surface area (Å²) in [6, 6.07) is 21.9. The number of rotatable bonds is 7. The Morgan fingerprint density at radius 3 is 2.10 bits per heavy atom. The number of hydrogen-bond acceptors (Lipinski definition) is 4. The Hall–Kier alpha value is -3.32. The normalized spacial score (nSPS) is 12.1. The van der Waals surface area contributed by atoms with E-state index in [0.717, 1.165) is 5.56 Å². The van der Waals surface area contributed by atoms with Gasteiger partial charge in [-0.05, 0) is 61.0 Å². The van der Waals surface area contributed by atoms with E-state index in [2.05, 4.69) is 10.0 Å². The number of nitrogens with one attached hydrogen (secondary N) is 2. The first-order valence-electron chi connectivity index (χ1n) is 9.02. The summed E-state index contributed by atoms with van der Waals surface area (Å²) in [6.45, 7) is 1.91. The Morgan fingerprint density at radius 1 is 0.897 bits per heavy atom. The van der Waals surface area contributed by atoms with Crippen LogP contribution < -0.4 is 14.8 Å². The fraction of sp³-hybridized carbons (Fsp3) is 0.136. The molecule has 7 heteroatoms. The topological polar surface area (TPSA) is 84.5 Å². The maximum absolute atomic E-state index is 12.5. The van der Waals surface area contributed by atoms with E-state index in [4.69, 9.17) is 4.74 Å². The Bertz CT molecular complexity index is 1060. The third-order valence-electron chi connectivity index (χ3n) is 4.42. The van der Waals surface area contributed by atoms with Gasteiger partial charge in [-0.25, -0.2) is 8.42 Å². The number of hydrogen-bond donors (Lipinski definition) is 2. The minimum absolute atomic E-state index is 0.122. The van der Waals surface area contributed by atoms with Crippen molar-refractivity contribution in [1.29, 1.82) is 0 Å². The number of carbonyl (C=O) groups excluding carboxylic acids is 1. The van der Waals surface area contributed by atoms with E-state index in [-0.39, 0.29) is 16.8 Å². The van der Waals surface area contributed by atoms with Crippen LogP contribution in [-0.4, -0.2) is 21.4 Å². The van der Waals surface area contributed by atoms with Gasteiger partial charge in [0.25, 0.3) is 15.9 Å². The molecule has 0 fully saturated rings. The number of anilines is 1. The lowest BCUT2D eigenvalue weighted by Crippen LogP contribution is -2.26. The molecule has 0 spiro atoms. The number of sulfonamides is 1. The summed E-state index contributed by atoms with van der Waals surface area (Å²) < 4.78 is 32.5. The van der Waals surface area contributed by atoms with Crippen molar-refractivity contribution in [2.75, 3.05) is 11.8 Å². The van der Waals surface area contributed by atoms with Gasteiger partial charge in [0.2, 0.25) is 0 Å². The smallest absolute Gasteiger partial charge is 0.261 e. The van der Waals surface area contributed by atoms with Crippen LogP contribution in [0.2, 0.25) is 0 Å². The zero-order chi connectivity index (χ0) is 20.9. The third-order valence-corrected chi connectivity index (χ3v) is 5.81. The average Bonchev–Trinajstić information content (AvgIpc) is 2.74. The van der Waals surface area contributed by atoms with Gasteiger partial charge in [-0.1, -0.05) is 30.3 Å². The molecule has 1 amide bonds. The molecule has 0 saturated carbocycles. The van der Waals surface area contributed by atoms with E-state index < -0.39 is 10.0 Å². The Labute approximate surface area is 170 Å². The van der Waals surface area contributed by atoms with Gasteiger partial charge in [0.1, 0.15) is 5.75 Å². The molecular weight excluding hydrogens is 388 g/mol. The number of carbonyl (C=O) groups is 1. The Kier molecular flexibility index (Phi) is 6.19. The summed E-state index contributed by atoms with van der Waals surface area (Å²) in [5, 5.41) is 2.93. The summed E-state index contributed by atoms with van der Waals surface area (Å²) in [6.07, 6.45) is 0. The average molecular weight is 410 g/mol. The molecule has 2 N–H and O–H groups in total. The molecule has 0 saturated heterocycles. The second kappa shape index (κ2) is 8.79. The van der Waals surface area contributed by atoms with E-state index >= 15 is 0 Å². The fourth-order valence-electron chi connectivity index (χ4n) is 2.76. The molecule has 3 aromatic rings. The summed E-state index contributed by atoms with van der Waals surface area (Å²) in [5.41, 5.74) is 1.82. The lowest BCUT2D eigenvalue weighted by Gasteiger charge is -2.14. The molecule has 0 radical (unpaired) electrons. The fourth-order valence-corrected chi connectivity index (χ4v) is 3.82. The van der Waals surface area contributed by atoms with Gasteiger partial charge in [-0.2, -0.15) is 0 Å². The lowest BCUT2D eigenvalue weighted by molar-refractivity contribution is 0.0940. The quantitative estimate of drug-likeness (QED) is 0.617. The van der Waals surface area contributed by atoms with Crippen LogP contribution in [0.25, 0.3) is 0 Å². The Morgan fingerprint density at radius 2 is 1.52 bits per heavy atom. The maximum atomic E-state index is 12.5. The number of benzene rings is 3. The molecule has 0 heterocycles. The van der Waals surface area contributed by atoms with Gasteiger partial charge >= 0.3 is 0 Å². The van der Waals surface area contributed by atoms with Crippen LogP contribution in [0.15, 0.2) is 83.8 Å². The third kappa shape index (κ3) is 5.14. The molecule has 1 atom stereocenters. The van der Waals surface area contributed by atoms with Crippen molar-refractivity contribution in [2.45, 2.75) is 17.9 Å². The van der Waals surface area contributed by atoms with Crippen molar-refractivity contribution in [2.24, 2.45) is 0 Å². The number of amides is 1. The van der Waals surface area contributed by atoms with E-state index in [0.29, 0.717) is 17.0 Å². The molecule has 0 aliphatic rings. The molecule has 3 rings (SSSR count).